The smallest absolute Gasteiger partial charge is 0.133 e. The number of Topliss-reactive ketones (excluding diaryl/α,β-unsaturated/α-hetero) is 1. The highest BCUT2D eigenvalue weighted by Gasteiger charge is 2.18. The second kappa shape index (κ2) is 12.1. The van der Waals surface area contributed by atoms with Crippen molar-refractivity contribution >= 4 is 11.5 Å². The zero-order valence-electron chi connectivity index (χ0n) is 17.8. The zero-order chi connectivity index (χ0) is 19.5. The van der Waals surface area contributed by atoms with Crippen molar-refractivity contribution < 1.29 is 4.79 Å². The van der Waals surface area contributed by atoms with Crippen LogP contribution < -0.4 is 4.90 Å². The molecule has 0 saturated carbocycles. The summed E-state index contributed by atoms with van der Waals surface area (Å²) in [6, 6.07) is 9.58. The predicted octanol–water partition coefficient (Wildman–Crippen LogP) is 4.04. The number of benzene rings is 1. The standard InChI is InChI=1S/C20H33N3O.C2H6/c1-5-20(24)10-11-21(4)16-18-6-8-19(9-7-18)23-14-12-22(13-15-23)17(2)3;1-2/h6-9,17H,5,10-16H2,1-4H3;1-2H3. The number of hydrogen-bond donors (Lipinski definition) is 0. The van der Waals surface area contributed by atoms with Crippen LogP contribution in [0, 0.1) is 0 Å². The van der Waals surface area contributed by atoms with E-state index in [-0.39, 0.29) is 0 Å². The Morgan fingerprint density at radius 1 is 1.08 bits per heavy atom. The van der Waals surface area contributed by atoms with E-state index in [0.29, 0.717) is 24.7 Å². The van der Waals surface area contributed by atoms with Gasteiger partial charge in [-0.3, -0.25) is 9.69 Å². The van der Waals surface area contributed by atoms with Crippen LogP contribution in [0.1, 0.15) is 53.0 Å². The SMILES string of the molecule is CC.CCC(=O)CCN(C)Cc1ccc(N2CCN(C(C)C)CC2)cc1. The third-order valence-electron chi connectivity index (χ3n) is 4.97. The first-order chi connectivity index (χ1) is 12.5. The molecule has 4 heteroatoms. The van der Waals surface area contributed by atoms with Crippen molar-refractivity contribution in [2.45, 2.75) is 60.0 Å². The number of carbonyl (C=O) groups excluding carboxylic acids is 1. The summed E-state index contributed by atoms with van der Waals surface area (Å²) in [5.41, 5.74) is 2.64. The Morgan fingerprint density at radius 2 is 1.65 bits per heavy atom. The molecule has 0 atom stereocenters. The molecule has 0 unspecified atom stereocenters. The van der Waals surface area contributed by atoms with Crippen molar-refractivity contribution in [3.63, 3.8) is 0 Å². The van der Waals surface area contributed by atoms with Gasteiger partial charge in [0.05, 0.1) is 0 Å². The first-order valence-electron chi connectivity index (χ1n) is 10.3. The number of ketones is 1. The molecule has 1 aliphatic rings. The van der Waals surface area contributed by atoms with Crippen molar-refractivity contribution in [3.8, 4) is 0 Å². The van der Waals surface area contributed by atoms with Gasteiger partial charge in [-0.1, -0.05) is 32.9 Å². The molecular formula is C22H39N3O. The van der Waals surface area contributed by atoms with Gasteiger partial charge in [0.1, 0.15) is 5.78 Å². The van der Waals surface area contributed by atoms with Crippen LogP contribution in [-0.4, -0.2) is 61.4 Å². The molecule has 1 aromatic rings. The van der Waals surface area contributed by atoms with Crippen molar-refractivity contribution in [1.82, 2.24) is 9.80 Å². The van der Waals surface area contributed by atoms with E-state index in [1.54, 1.807) is 0 Å². The number of anilines is 1. The third kappa shape index (κ3) is 7.46. The van der Waals surface area contributed by atoms with Crippen LogP contribution in [0.15, 0.2) is 24.3 Å². The van der Waals surface area contributed by atoms with Gasteiger partial charge in [0, 0.05) is 63.8 Å². The maximum atomic E-state index is 11.4. The molecule has 1 saturated heterocycles. The fourth-order valence-corrected chi connectivity index (χ4v) is 3.19. The second-order valence-corrected chi connectivity index (χ2v) is 7.16. The summed E-state index contributed by atoms with van der Waals surface area (Å²) in [5, 5.41) is 0. The molecule has 0 amide bonds. The molecule has 0 aromatic heterocycles. The molecule has 1 aliphatic heterocycles. The molecule has 1 fully saturated rings. The van der Waals surface area contributed by atoms with Gasteiger partial charge in [-0.15, -0.1) is 0 Å². The Morgan fingerprint density at radius 3 is 2.15 bits per heavy atom. The quantitative estimate of drug-likeness (QED) is 0.698. The maximum Gasteiger partial charge on any atom is 0.133 e. The monoisotopic (exact) mass is 361 g/mol. The normalized spacial score (nSPS) is 15.2. The lowest BCUT2D eigenvalue weighted by Crippen LogP contribution is -2.48. The molecule has 2 rings (SSSR count). The molecule has 0 bridgehead atoms. The van der Waals surface area contributed by atoms with Crippen LogP contribution in [-0.2, 0) is 11.3 Å². The highest BCUT2D eigenvalue weighted by atomic mass is 16.1. The highest BCUT2D eigenvalue weighted by molar-refractivity contribution is 5.78. The van der Waals surface area contributed by atoms with E-state index in [1.807, 2.05) is 20.8 Å². The van der Waals surface area contributed by atoms with Crippen molar-refractivity contribution in [3.05, 3.63) is 29.8 Å². The summed E-state index contributed by atoms with van der Waals surface area (Å²) in [6.45, 7) is 16.7. The summed E-state index contributed by atoms with van der Waals surface area (Å²) < 4.78 is 0. The van der Waals surface area contributed by atoms with Gasteiger partial charge in [0.2, 0.25) is 0 Å². The van der Waals surface area contributed by atoms with Crippen molar-refractivity contribution in [2.24, 2.45) is 0 Å². The fourth-order valence-electron chi connectivity index (χ4n) is 3.19. The maximum absolute atomic E-state index is 11.4. The van der Waals surface area contributed by atoms with Gasteiger partial charge in [-0.25, -0.2) is 0 Å². The summed E-state index contributed by atoms with van der Waals surface area (Å²) >= 11 is 0. The summed E-state index contributed by atoms with van der Waals surface area (Å²) in [7, 11) is 2.09. The third-order valence-corrected chi connectivity index (χ3v) is 4.97. The van der Waals surface area contributed by atoms with Gasteiger partial charge in [0.15, 0.2) is 0 Å². The number of hydrogen-bond acceptors (Lipinski definition) is 4. The van der Waals surface area contributed by atoms with E-state index in [4.69, 9.17) is 0 Å². The van der Waals surface area contributed by atoms with E-state index in [0.717, 1.165) is 39.3 Å². The van der Waals surface area contributed by atoms with Gasteiger partial charge in [0.25, 0.3) is 0 Å². The van der Waals surface area contributed by atoms with Gasteiger partial charge in [-0.05, 0) is 38.6 Å². The Kier molecular flexibility index (Phi) is 10.5. The van der Waals surface area contributed by atoms with E-state index >= 15 is 0 Å². The fraction of sp³-hybridized carbons (Fsp3) is 0.682. The van der Waals surface area contributed by atoms with Gasteiger partial charge < -0.3 is 9.80 Å². The average Bonchev–Trinajstić information content (AvgIpc) is 2.68. The highest BCUT2D eigenvalue weighted by Crippen LogP contribution is 2.18. The molecule has 0 radical (unpaired) electrons. The molecule has 1 aromatic carbocycles. The van der Waals surface area contributed by atoms with E-state index in [1.165, 1.54) is 11.3 Å². The van der Waals surface area contributed by atoms with Crippen LogP contribution in [0.4, 0.5) is 5.69 Å². The number of piperazine rings is 1. The zero-order valence-corrected chi connectivity index (χ0v) is 17.8. The van der Waals surface area contributed by atoms with Crippen LogP contribution >= 0.6 is 0 Å². The van der Waals surface area contributed by atoms with Crippen LogP contribution in [0.5, 0.6) is 0 Å². The van der Waals surface area contributed by atoms with Crippen molar-refractivity contribution in [2.75, 3.05) is 44.7 Å². The molecule has 0 aliphatic carbocycles. The molecule has 0 spiro atoms. The van der Waals surface area contributed by atoms with Crippen LogP contribution in [0.3, 0.4) is 0 Å². The van der Waals surface area contributed by atoms with E-state index in [2.05, 4.69) is 59.9 Å². The first kappa shape index (κ1) is 22.7. The lowest BCUT2D eigenvalue weighted by molar-refractivity contribution is -0.119. The van der Waals surface area contributed by atoms with E-state index in [9.17, 15) is 4.79 Å². The summed E-state index contributed by atoms with van der Waals surface area (Å²) in [6.07, 6.45) is 1.30. The molecule has 26 heavy (non-hydrogen) atoms. The van der Waals surface area contributed by atoms with Crippen LogP contribution in [0.25, 0.3) is 0 Å². The minimum atomic E-state index is 0.345. The van der Waals surface area contributed by atoms with Gasteiger partial charge >= 0.3 is 0 Å². The summed E-state index contributed by atoms with van der Waals surface area (Å²) in [4.78, 5) is 18.7. The molecular weight excluding hydrogens is 322 g/mol. The molecule has 4 nitrogen and oxygen atoms in total. The molecule has 1 heterocycles. The van der Waals surface area contributed by atoms with Crippen LogP contribution in [0.2, 0.25) is 0 Å². The molecule has 148 valence electrons. The summed E-state index contributed by atoms with van der Waals surface area (Å²) in [5.74, 6) is 0.345. The van der Waals surface area contributed by atoms with E-state index < -0.39 is 0 Å². The Labute approximate surface area is 161 Å². The number of nitrogens with zero attached hydrogens (tertiary/aromatic N) is 3. The lowest BCUT2D eigenvalue weighted by Gasteiger charge is -2.38. The number of carbonyl (C=O) groups is 1. The Hall–Kier alpha value is -1.39. The number of rotatable bonds is 8. The largest absolute Gasteiger partial charge is 0.369 e. The minimum Gasteiger partial charge on any atom is -0.369 e. The lowest BCUT2D eigenvalue weighted by atomic mass is 10.1. The topological polar surface area (TPSA) is 26.8 Å². The van der Waals surface area contributed by atoms with Crippen molar-refractivity contribution in [1.29, 1.82) is 0 Å². The Balaban J connectivity index is 0.00000163. The molecule has 0 N–H and O–H groups in total. The Bertz CT molecular complexity index is 505. The minimum absolute atomic E-state index is 0.345. The predicted molar refractivity (Wildman–Crippen MR) is 113 cm³/mol. The average molecular weight is 362 g/mol. The second-order valence-electron chi connectivity index (χ2n) is 7.16. The van der Waals surface area contributed by atoms with Gasteiger partial charge in [-0.2, -0.15) is 0 Å². The first-order valence-corrected chi connectivity index (χ1v) is 10.3.